The molecule has 100 valence electrons. The molecular formula is C13H16N4O2. The van der Waals surface area contributed by atoms with Crippen LogP contribution in [-0.2, 0) is 9.53 Å². The van der Waals surface area contributed by atoms with E-state index in [1.165, 1.54) is 0 Å². The van der Waals surface area contributed by atoms with Crippen LogP contribution in [0.15, 0.2) is 24.4 Å². The lowest BCUT2D eigenvalue weighted by molar-refractivity contribution is -0.120. The van der Waals surface area contributed by atoms with E-state index in [0.29, 0.717) is 13.2 Å². The number of H-pyrrole nitrogens is 1. The van der Waals surface area contributed by atoms with Crippen LogP contribution in [0.25, 0.3) is 10.9 Å². The number of likely N-dealkylation sites (N-methyl/N-ethyl adjacent to an activating group) is 1. The quantitative estimate of drug-likeness (QED) is 0.760. The van der Waals surface area contributed by atoms with Crippen molar-refractivity contribution in [3.05, 3.63) is 24.4 Å². The van der Waals surface area contributed by atoms with Crippen LogP contribution in [0.5, 0.6) is 0 Å². The number of aromatic amines is 1. The summed E-state index contributed by atoms with van der Waals surface area (Å²) in [5.41, 5.74) is 1.59. The van der Waals surface area contributed by atoms with Gasteiger partial charge in [0, 0.05) is 11.4 Å². The molecule has 1 aromatic heterocycles. The minimum Gasteiger partial charge on any atom is -0.379 e. The van der Waals surface area contributed by atoms with E-state index in [1.54, 1.807) is 6.20 Å². The van der Waals surface area contributed by atoms with Crippen molar-refractivity contribution in [1.82, 2.24) is 15.5 Å². The Morgan fingerprint density at radius 1 is 1.47 bits per heavy atom. The molecule has 19 heavy (non-hydrogen) atoms. The zero-order valence-corrected chi connectivity index (χ0v) is 10.6. The number of anilines is 1. The van der Waals surface area contributed by atoms with E-state index in [4.69, 9.17) is 4.74 Å². The molecular weight excluding hydrogens is 244 g/mol. The Hall–Kier alpha value is -1.92. The number of benzene rings is 1. The van der Waals surface area contributed by atoms with Crippen molar-refractivity contribution in [3.63, 3.8) is 0 Å². The molecule has 1 aliphatic rings. The van der Waals surface area contributed by atoms with Crippen LogP contribution < -0.4 is 10.6 Å². The molecule has 1 aromatic carbocycles. The molecule has 1 saturated heterocycles. The van der Waals surface area contributed by atoms with Gasteiger partial charge in [0.1, 0.15) is 0 Å². The molecule has 2 atom stereocenters. The normalized spacial score (nSPS) is 22.8. The summed E-state index contributed by atoms with van der Waals surface area (Å²) in [6.07, 6.45) is 1.74. The Morgan fingerprint density at radius 2 is 2.37 bits per heavy atom. The third-order valence-electron chi connectivity index (χ3n) is 3.52. The number of amides is 1. The largest absolute Gasteiger partial charge is 0.379 e. The number of carbonyl (C=O) groups is 1. The molecule has 2 unspecified atom stereocenters. The number of carbonyl (C=O) groups excluding carboxylic acids is 1. The van der Waals surface area contributed by atoms with Gasteiger partial charge in [-0.25, -0.2) is 0 Å². The van der Waals surface area contributed by atoms with Crippen molar-refractivity contribution < 1.29 is 9.53 Å². The lowest BCUT2D eigenvalue weighted by Gasteiger charge is -2.16. The highest BCUT2D eigenvalue weighted by Gasteiger charge is 2.33. The molecule has 2 aromatic rings. The van der Waals surface area contributed by atoms with Crippen LogP contribution in [0.1, 0.15) is 0 Å². The standard InChI is InChI=1S/C13H16N4O2/c1-14-11-7-19-6-9(11)13(18)16-10-4-2-3-8-5-15-17-12(8)10/h2-5,9,11,14H,6-7H2,1H3,(H,15,17)(H,16,18). The van der Waals surface area contributed by atoms with Gasteiger partial charge in [0.25, 0.3) is 0 Å². The number of hydrogen-bond donors (Lipinski definition) is 3. The van der Waals surface area contributed by atoms with Crippen LogP contribution in [0.4, 0.5) is 5.69 Å². The highest BCUT2D eigenvalue weighted by molar-refractivity contribution is 6.01. The Balaban J connectivity index is 1.81. The van der Waals surface area contributed by atoms with Gasteiger partial charge in [0.05, 0.1) is 36.5 Å². The van der Waals surface area contributed by atoms with Crippen molar-refractivity contribution >= 4 is 22.5 Å². The van der Waals surface area contributed by atoms with E-state index in [1.807, 2.05) is 25.2 Å². The predicted octanol–water partition coefficient (Wildman–Crippen LogP) is 0.736. The maximum Gasteiger partial charge on any atom is 0.231 e. The smallest absolute Gasteiger partial charge is 0.231 e. The first-order chi connectivity index (χ1) is 9.29. The summed E-state index contributed by atoms with van der Waals surface area (Å²) >= 11 is 0. The second kappa shape index (κ2) is 4.99. The Kier molecular flexibility index (Phi) is 3.18. The number of rotatable bonds is 3. The molecule has 1 amide bonds. The lowest BCUT2D eigenvalue weighted by Crippen LogP contribution is -2.39. The monoisotopic (exact) mass is 260 g/mol. The second-order valence-electron chi connectivity index (χ2n) is 4.67. The van der Waals surface area contributed by atoms with Gasteiger partial charge in [0.15, 0.2) is 0 Å². The van der Waals surface area contributed by atoms with Gasteiger partial charge in [-0.3, -0.25) is 9.89 Å². The van der Waals surface area contributed by atoms with Crippen LogP contribution >= 0.6 is 0 Å². The summed E-state index contributed by atoms with van der Waals surface area (Å²) in [7, 11) is 1.84. The lowest BCUT2D eigenvalue weighted by atomic mass is 10.0. The van der Waals surface area contributed by atoms with Crippen LogP contribution in [-0.4, -0.2) is 42.4 Å². The summed E-state index contributed by atoms with van der Waals surface area (Å²) < 4.78 is 5.35. The van der Waals surface area contributed by atoms with Gasteiger partial charge in [-0.05, 0) is 13.1 Å². The number of para-hydroxylation sites is 1. The van der Waals surface area contributed by atoms with Gasteiger partial charge in [-0.15, -0.1) is 0 Å². The van der Waals surface area contributed by atoms with Gasteiger partial charge in [-0.2, -0.15) is 5.10 Å². The van der Waals surface area contributed by atoms with Crippen molar-refractivity contribution in [2.24, 2.45) is 5.92 Å². The van der Waals surface area contributed by atoms with E-state index in [9.17, 15) is 4.79 Å². The summed E-state index contributed by atoms with van der Waals surface area (Å²) in [6.45, 7) is 1.03. The van der Waals surface area contributed by atoms with Crippen LogP contribution in [0.3, 0.4) is 0 Å². The molecule has 6 heteroatoms. The Labute approximate surface area is 110 Å². The number of nitrogens with zero attached hydrogens (tertiary/aromatic N) is 1. The third kappa shape index (κ3) is 2.20. The van der Waals surface area contributed by atoms with Crippen molar-refractivity contribution in [2.75, 3.05) is 25.6 Å². The van der Waals surface area contributed by atoms with Crippen molar-refractivity contribution in [1.29, 1.82) is 0 Å². The maximum absolute atomic E-state index is 12.3. The van der Waals surface area contributed by atoms with E-state index < -0.39 is 0 Å². The summed E-state index contributed by atoms with van der Waals surface area (Å²) in [5.74, 6) is -0.192. The Morgan fingerprint density at radius 3 is 3.21 bits per heavy atom. The minimum absolute atomic E-state index is 0.0287. The fourth-order valence-corrected chi connectivity index (χ4v) is 2.40. The second-order valence-corrected chi connectivity index (χ2v) is 4.67. The van der Waals surface area contributed by atoms with Crippen LogP contribution in [0.2, 0.25) is 0 Å². The van der Waals surface area contributed by atoms with Gasteiger partial charge < -0.3 is 15.4 Å². The molecule has 0 spiro atoms. The number of nitrogens with one attached hydrogen (secondary N) is 3. The minimum atomic E-state index is -0.164. The molecule has 2 heterocycles. The molecule has 0 saturated carbocycles. The predicted molar refractivity (Wildman–Crippen MR) is 71.9 cm³/mol. The first-order valence-electron chi connectivity index (χ1n) is 6.27. The zero-order valence-electron chi connectivity index (χ0n) is 10.6. The van der Waals surface area contributed by atoms with E-state index in [2.05, 4.69) is 20.8 Å². The van der Waals surface area contributed by atoms with Gasteiger partial charge in [0.2, 0.25) is 5.91 Å². The summed E-state index contributed by atoms with van der Waals surface area (Å²) in [6, 6.07) is 5.78. The molecule has 1 aliphatic heterocycles. The molecule has 3 rings (SSSR count). The van der Waals surface area contributed by atoms with Gasteiger partial charge in [-0.1, -0.05) is 12.1 Å². The topological polar surface area (TPSA) is 79.0 Å². The maximum atomic E-state index is 12.3. The van der Waals surface area contributed by atoms with Gasteiger partial charge >= 0.3 is 0 Å². The fourth-order valence-electron chi connectivity index (χ4n) is 2.40. The number of fused-ring (bicyclic) bond motifs is 1. The SMILES string of the molecule is CNC1COCC1C(=O)Nc1cccc2cn[nH]c12. The highest BCUT2D eigenvalue weighted by Crippen LogP contribution is 2.22. The van der Waals surface area contributed by atoms with Crippen molar-refractivity contribution in [3.8, 4) is 0 Å². The van der Waals surface area contributed by atoms with E-state index >= 15 is 0 Å². The molecule has 1 fully saturated rings. The summed E-state index contributed by atoms with van der Waals surface area (Å²) in [4.78, 5) is 12.3. The summed E-state index contributed by atoms with van der Waals surface area (Å²) in [5, 5.41) is 13.9. The highest BCUT2D eigenvalue weighted by atomic mass is 16.5. The van der Waals surface area contributed by atoms with Crippen LogP contribution in [0, 0.1) is 5.92 Å². The molecule has 6 nitrogen and oxygen atoms in total. The average Bonchev–Trinajstić information content (AvgIpc) is 3.07. The third-order valence-corrected chi connectivity index (χ3v) is 3.52. The van der Waals surface area contributed by atoms with E-state index in [0.717, 1.165) is 16.6 Å². The molecule has 0 aliphatic carbocycles. The number of ether oxygens (including phenoxy) is 1. The Bertz CT molecular complexity index is 595. The fraction of sp³-hybridized carbons (Fsp3) is 0.385. The van der Waals surface area contributed by atoms with E-state index in [-0.39, 0.29) is 17.9 Å². The molecule has 0 bridgehead atoms. The molecule has 3 N–H and O–H groups in total. The average molecular weight is 260 g/mol. The van der Waals surface area contributed by atoms with Crippen molar-refractivity contribution in [2.45, 2.75) is 6.04 Å². The first kappa shape index (κ1) is 12.1. The molecule has 0 radical (unpaired) electrons. The first-order valence-corrected chi connectivity index (χ1v) is 6.27. The number of aromatic nitrogens is 2. The number of hydrogen-bond acceptors (Lipinski definition) is 4. The zero-order chi connectivity index (χ0) is 13.2.